The summed E-state index contributed by atoms with van der Waals surface area (Å²) in [6.07, 6.45) is 1.65. The molecule has 0 spiro atoms. The van der Waals surface area contributed by atoms with E-state index in [2.05, 4.69) is 17.6 Å². The van der Waals surface area contributed by atoms with Crippen LogP contribution in [0.5, 0.6) is 0 Å². The van der Waals surface area contributed by atoms with Gasteiger partial charge in [0.05, 0.1) is 16.2 Å². The van der Waals surface area contributed by atoms with E-state index in [4.69, 9.17) is 12.2 Å². The van der Waals surface area contributed by atoms with Crippen LogP contribution >= 0.6 is 24.8 Å². The predicted octanol–water partition coefficient (Wildman–Crippen LogP) is 2.83. The van der Waals surface area contributed by atoms with Crippen molar-refractivity contribution in [1.82, 2.24) is 9.55 Å². The topological polar surface area (TPSA) is 61.0 Å². The SMILES string of the molecule is Cc1nc(-c2ccccc2[N+](=O)[O-])cn1C(=S)S. The van der Waals surface area contributed by atoms with Crippen molar-refractivity contribution >= 4 is 34.9 Å². The number of hydrogen-bond donors (Lipinski definition) is 1. The Morgan fingerprint density at radius 1 is 1.50 bits per heavy atom. The average Bonchev–Trinajstić information content (AvgIpc) is 2.71. The van der Waals surface area contributed by atoms with Gasteiger partial charge in [0.1, 0.15) is 10.1 Å². The van der Waals surface area contributed by atoms with E-state index in [1.807, 2.05) is 0 Å². The van der Waals surface area contributed by atoms with Crippen LogP contribution in [0.1, 0.15) is 5.82 Å². The molecule has 0 aliphatic heterocycles. The zero-order valence-electron chi connectivity index (χ0n) is 9.40. The minimum absolute atomic E-state index is 0.0206. The first-order valence-corrected chi connectivity index (χ1v) is 5.89. The summed E-state index contributed by atoms with van der Waals surface area (Å²) in [7, 11) is 0. The summed E-state index contributed by atoms with van der Waals surface area (Å²) in [6, 6.07) is 6.46. The molecule has 0 atom stereocenters. The minimum Gasteiger partial charge on any atom is -0.289 e. The summed E-state index contributed by atoms with van der Waals surface area (Å²) in [5.74, 6) is 0.642. The van der Waals surface area contributed by atoms with Crippen LogP contribution in [0, 0.1) is 17.0 Å². The third-order valence-electron chi connectivity index (χ3n) is 2.47. The summed E-state index contributed by atoms with van der Waals surface area (Å²) in [4.78, 5) is 14.8. The van der Waals surface area contributed by atoms with E-state index in [1.165, 1.54) is 6.07 Å². The Balaban J connectivity index is 2.59. The van der Waals surface area contributed by atoms with Crippen molar-refractivity contribution in [1.29, 1.82) is 0 Å². The molecule has 92 valence electrons. The summed E-state index contributed by atoms with van der Waals surface area (Å²) in [5.41, 5.74) is 0.998. The summed E-state index contributed by atoms with van der Waals surface area (Å²) in [5, 5.41) is 11.0. The van der Waals surface area contributed by atoms with Crippen molar-refractivity contribution in [2.24, 2.45) is 0 Å². The molecule has 1 heterocycles. The van der Waals surface area contributed by atoms with Gasteiger partial charge in [0.25, 0.3) is 5.69 Å². The van der Waals surface area contributed by atoms with Gasteiger partial charge in [0.2, 0.25) is 0 Å². The second kappa shape index (κ2) is 4.87. The molecular weight excluding hydrogens is 270 g/mol. The zero-order chi connectivity index (χ0) is 13.3. The molecule has 18 heavy (non-hydrogen) atoms. The fourth-order valence-electron chi connectivity index (χ4n) is 1.65. The van der Waals surface area contributed by atoms with E-state index >= 15 is 0 Å². The number of nitrogens with zero attached hydrogens (tertiary/aromatic N) is 3. The maximum absolute atomic E-state index is 11.0. The van der Waals surface area contributed by atoms with Crippen molar-refractivity contribution in [3.63, 3.8) is 0 Å². The third-order valence-corrected chi connectivity index (χ3v) is 2.88. The number of thiocarbonyl (C=S) groups is 1. The Hall–Kier alpha value is -1.73. The van der Waals surface area contributed by atoms with Gasteiger partial charge in [-0.25, -0.2) is 4.98 Å². The van der Waals surface area contributed by atoms with E-state index in [0.29, 0.717) is 21.4 Å². The molecule has 2 rings (SSSR count). The molecule has 0 aliphatic carbocycles. The normalized spacial score (nSPS) is 10.3. The highest BCUT2D eigenvalue weighted by atomic mass is 32.1. The molecule has 7 heteroatoms. The van der Waals surface area contributed by atoms with Crippen LogP contribution in [0.4, 0.5) is 5.69 Å². The van der Waals surface area contributed by atoms with E-state index in [1.54, 1.807) is 35.9 Å². The summed E-state index contributed by atoms with van der Waals surface area (Å²) < 4.78 is 1.95. The highest BCUT2D eigenvalue weighted by Gasteiger charge is 2.17. The first-order valence-electron chi connectivity index (χ1n) is 5.04. The lowest BCUT2D eigenvalue weighted by atomic mass is 10.1. The fraction of sp³-hybridized carbons (Fsp3) is 0.0909. The summed E-state index contributed by atoms with van der Waals surface area (Å²) >= 11 is 9.02. The number of hydrogen-bond acceptors (Lipinski definition) is 4. The minimum atomic E-state index is -0.428. The van der Waals surface area contributed by atoms with Crippen molar-refractivity contribution in [2.45, 2.75) is 6.92 Å². The zero-order valence-corrected chi connectivity index (χ0v) is 11.1. The maximum Gasteiger partial charge on any atom is 0.278 e. The molecule has 5 nitrogen and oxygen atoms in total. The number of para-hydroxylation sites is 1. The van der Waals surface area contributed by atoms with Crippen molar-refractivity contribution in [3.8, 4) is 11.3 Å². The van der Waals surface area contributed by atoms with Gasteiger partial charge in [-0.15, -0.1) is 12.6 Å². The van der Waals surface area contributed by atoms with Crippen molar-refractivity contribution in [2.75, 3.05) is 0 Å². The largest absolute Gasteiger partial charge is 0.289 e. The maximum atomic E-state index is 11.0. The van der Waals surface area contributed by atoms with E-state index in [0.717, 1.165) is 0 Å². The molecule has 0 bridgehead atoms. The van der Waals surface area contributed by atoms with Gasteiger partial charge in [-0.1, -0.05) is 24.4 Å². The predicted molar refractivity (Wildman–Crippen MR) is 76.0 cm³/mol. The molecule has 0 amide bonds. The lowest BCUT2D eigenvalue weighted by Gasteiger charge is -1.98. The molecule has 1 aromatic heterocycles. The van der Waals surface area contributed by atoms with Gasteiger partial charge in [-0.05, 0) is 13.0 Å². The fourth-order valence-corrected chi connectivity index (χ4v) is 2.03. The molecule has 0 unspecified atom stereocenters. The number of imidazole rings is 1. The van der Waals surface area contributed by atoms with Crippen molar-refractivity contribution in [3.05, 3.63) is 46.4 Å². The number of benzene rings is 1. The van der Waals surface area contributed by atoms with Crippen LogP contribution in [-0.4, -0.2) is 18.8 Å². The highest BCUT2D eigenvalue weighted by Crippen LogP contribution is 2.28. The Morgan fingerprint density at radius 2 is 2.17 bits per heavy atom. The molecule has 0 fully saturated rings. The number of thiol groups is 1. The Bertz CT molecular complexity index is 637. The number of aromatic nitrogens is 2. The van der Waals surface area contributed by atoms with Crippen LogP contribution in [0.2, 0.25) is 0 Å². The average molecular weight is 279 g/mol. The van der Waals surface area contributed by atoms with Gasteiger partial charge < -0.3 is 0 Å². The van der Waals surface area contributed by atoms with Crippen LogP contribution in [-0.2, 0) is 0 Å². The number of nitro groups is 1. The van der Waals surface area contributed by atoms with Crippen LogP contribution in [0.25, 0.3) is 11.3 Å². The quantitative estimate of drug-likeness (QED) is 0.397. The second-order valence-corrected chi connectivity index (χ2v) is 4.71. The Morgan fingerprint density at radius 3 is 2.72 bits per heavy atom. The van der Waals surface area contributed by atoms with E-state index in [9.17, 15) is 10.1 Å². The number of aryl methyl sites for hydroxylation is 1. The van der Waals surface area contributed by atoms with Gasteiger partial charge in [0.15, 0.2) is 0 Å². The monoisotopic (exact) mass is 279 g/mol. The third kappa shape index (κ3) is 2.27. The molecule has 0 aliphatic rings. The molecule has 0 radical (unpaired) electrons. The molecule has 0 saturated heterocycles. The highest BCUT2D eigenvalue weighted by molar-refractivity contribution is 8.11. The smallest absolute Gasteiger partial charge is 0.278 e. The molecule has 0 N–H and O–H groups in total. The lowest BCUT2D eigenvalue weighted by molar-refractivity contribution is -0.384. The molecule has 2 aromatic rings. The number of rotatable bonds is 2. The van der Waals surface area contributed by atoms with Gasteiger partial charge >= 0.3 is 0 Å². The van der Waals surface area contributed by atoms with Crippen LogP contribution in [0.15, 0.2) is 30.5 Å². The Labute approximate surface area is 114 Å². The first kappa shape index (κ1) is 12.7. The van der Waals surface area contributed by atoms with Gasteiger partial charge in [-0.2, -0.15) is 0 Å². The number of nitro benzene ring substituents is 1. The summed E-state index contributed by atoms with van der Waals surface area (Å²) in [6.45, 7) is 1.76. The lowest BCUT2D eigenvalue weighted by Crippen LogP contribution is -2.01. The van der Waals surface area contributed by atoms with Crippen LogP contribution in [0.3, 0.4) is 0 Å². The molecular formula is C11H9N3O2S2. The second-order valence-electron chi connectivity index (χ2n) is 3.60. The van der Waals surface area contributed by atoms with Gasteiger partial charge in [0, 0.05) is 12.3 Å². The Kier molecular flexibility index (Phi) is 3.44. The first-order chi connectivity index (χ1) is 8.50. The van der Waals surface area contributed by atoms with E-state index in [-0.39, 0.29) is 5.69 Å². The molecule has 1 aromatic carbocycles. The van der Waals surface area contributed by atoms with E-state index < -0.39 is 4.92 Å². The van der Waals surface area contributed by atoms with Crippen LogP contribution < -0.4 is 0 Å². The standard InChI is InChI=1S/C11H9N3O2S2/c1-7-12-9(6-13(7)11(17)18)8-4-2-3-5-10(8)14(15)16/h2-6H,1H3,(H,17,18). The van der Waals surface area contributed by atoms with Crippen molar-refractivity contribution < 1.29 is 4.92 Å². The molecule has 0 saturated carbocycles. The van der Waals surface area contributed by atoms with Gasteiger partial charge in [-0.3, -0.25) is 14.7 Å².